The Morgan fingerprint density at radius 1 is 1.05 bits per heavy atom. The van der Waals surface area contributed by atoms with Crippen LogP contribution in [0.2, 0.25) is 0 Å². The summed E-state index contributed by atoms with van der Waals surface area (Å²) in [5.74, 6) is 0.285. The first-order valence-electron chi connectivity index (χ1n) is 12.8. The molecule has 0 aliphatic carbocycles. The zero-order valence-corrected chi connectivity index (χ0v) is 22.3. The fourth-order valence-electron chi connectivity index (χ4n) is 4.48. The molecule has 1 unspecified atom stereocenters. The van der Waals surface area contributed by atoms with E-state index in [4.69, 9.17) is 18.6 Å². The highest BCUT2D eigenvalue weighted by atomic mass is 16.5. The average molecular weight is 533 g/mol. The van der Waals surface area contributed by atoms with Crippen molar-refractivity contribution in [1.82, 2.24) is 10.2 Å². The van der Waals surface area contributed by atoms with Gasteiger partial charge in [0.15, 0.2) is 5.76 Å². The molecule has 1 N–H and O–H groups in total. The number of ether oxygens (including phenoxy) is 3. The first kappa shape index (κ1) is 27.7. The molecule has 0 bridgehead atoms. The molecule has 3 aromatic rings. The smallest absolute Gasteiger partial charge is 0.336 e. The molecule has 2 amide bonds. The van der Waals surface area contributed by atoms with Crippen LogP contribution in [0.5, 0.6) is 11.5 Å². The number of carbonyl (C=O) groups is 3. The van der Waals surface area contributed by atoms with Crippen LogP contribution in [0, 0.1) is 0 Å². The molecule has 1 aliphatic rings. The van der Waals surface area contributed by atoms with Crippen LogP contribution in [-0.4, -0.2) is 49.6 Å². The van der Waals surface area contributed by atoms with Gasteiger partial charge >= 0.3 is 5.97 Å². The Labute approximate surface area is 227 Å². The predicted octanol–water partition coefficient (Wildman–Crippen LogP) is 4.80. The number of para-hydroxylation sites is 1. The predicted molar refractivity (Wildman–Crippen MR) is 143 cm³/mol. The number of nitrogens with zero attached hydrogens (tertiary/aromatic N) is 1. The molecule has 0 saturated heterocycles. The molecular formula is C30H32N2O7. The lowest BCUT2D eigenvalue weighted by Gasteiger charge is -2.34. The maximum atomic E-state index is 13.4. The zero-order chi connectivity index (χ0) is 27.8. The maximum Gasteiger partial charge on any atom is 0.336 e. The number of rotatable bonds is 11. The fourth-order valence-corrected chi connectivity index (χ4v) is 4.48. The SMILES string of the molecule is CCOC(=O)C1=C(C)N(Cc2ccc(C(=O)NCCOC)o2)C(=O)CC1c1cccc(Oc2ccccc2)c1. The van der Waals surface area contributed by atoms with E-state index in [2.05, 4.69) is 5.32 Å². The molecule has 1 aromatic heterocycles. The molecule has 9 heteroatoms. The van der Waals surface area contributed by atoms with Crippen molar-refractivity contribution in [3.8, 4) is 11.5 Å². The Kier molecular flexibility index (Phi) is 9.17. The Bertz CT molecular complexity index is 1350. The Hall–Kier alpha value is -4.37. The number of esters is 1. The molecular weight excluding hydrogens is 500 g/mol. The van der Waals surface area contributed by atoms with Gasteiger partial charge in [0.1, 0.15) is 17.3 Å². The van der Waals surface area contributed by atoms with E-state index < -0.39 is 11.9 Å². The molecule has 2 aromatic carbocycles. The van der Waals surface area contributed by atoms with E-state index in [1.165, 1.54) is 4.90 Å². The van der Waals surface area contributed by atoms with Crippen molar-refractivity contribution in [2.24, 2.45) is 0 Å². The molecule has 1 atom stereocenters. The van der Waals surface area contributed by atoms with E-state index in [-0.39, 0.29) is 37.1 Å². The number of methoxy groups -OCH3 is 1. The molecule has 0 fully saturated rings. The summed E-state index contributed by atoms with van der Waals surface area (Å²) in [4.78, 5) is 40.3. The number of carbonyl (C=O) groups excluding carboxylic acids is 3. The Balaban J connectivity index is 1.60. The van der Waals surface area contributed by atoms with Gasteiger partial charge in [0.25, 0.3) is 5.91 Å². The average Bonchev–Trinajstić information content (AvgIpc) is 3.40. The minimum absolute atomic E-state index is 0.0609. The lowest BCUT2D eigenvalue weighted by atomic mass is 9.83. The van der Waals surface area contributed by atoms with E-state index >= 15 is 0 Å². The highest BCUT2D eigenvalue weighted by molar-refractivity contribution is 5.96. The van der Waals surface area contributed by atoms with Gasteiger partial charge in [-0.25, -0.2) is 4.79 Å². The third kappa shape index (κ3) is 6.74. The maximum absolute atomic E-state index is 13.4. The van der Waals surface area contributed by atoms with Crippen molar-refractivity contribution in [3.63, 3.8) is 0 Å². The second kappa shape index (κ2) is 12.9. The molecule has 0 spiro atoms. The monoisotopic (exact) mass is 532 g/mol. The van der Waals surface area contributed by atoms with E-state index in [1.54, 1.807) is 33.1 Å². The highest BCUT2D eigenvalue weighted by Gasteiger charge is 2.37. The summed E-state index contributed by atoms with van der Waals surface area (Å²) in [6, 6.07) is 20.0. The van der Waals surface area contributed by atoms with Crippen molar-refractivity contribution < 1.29 is 33.0 Å². The summed E-state index contributed by atoms with van der Waals surface area (Å²) in [6.45, 7) is 4.47. The Morgan fingerprint density at radius 2 is 1.82 bits per heavy atom. The molecule has 0 radical (unpaired) electrons. The van der Waals surface area contributed by atoms with E-state index in [0.717, 1.165) is 5.56 Å². The van der Waals surface area contributed by atoms with Crippen LogP contribution in [0.3, 0.4) is 0 Å². The van der Waals surface area contributed by atoms with Gasteiger partial charge in [-0.2, -0.15) is 0 Å². The van der Waals surface area contributed by atoms with Crippen molar-refractivity contribution in [3.05, 3.63) is 95.1 Å². The van der Waals surface area contributed by atoms with Gasteiger partial charge in [-0.15, -0.1) is 0 Å². The molecule has 9 nitrogen and oxygen atoms in total. The van der Waals surface area contributed by atoms with Crippen molar-refractivity contribution >= 4 is 17.8 Å². The summed E-state index contributed by atoms with van der Waals surface area (Å²) in [7, 11) is 1.55. The molecule has 1 aliphatic heterocycles. The quantitative estimate of drug-likeness (QED) is 0.279. The molecule has 39 heavy (non-hydrogen) atoms. The van der Waals surface area contributed by atoms with Crippen LogP contribution in [-0.2, 0) is 25.6 Å². The summed E-state index contributed by atoms with van der Waals surface area (Å²) in [6.07, 6.45) is 0.0609. The first-order chi connectivity index (χ1) is 18.9. The van der Waals surface area contributed by atoms with Gasteiger partial charge < -0.3 is 28.8 Å². The van der Waals surface area contributed by atoms with Gasteiger partial charge in [0, 0.05) is 31.7 Å². The lowest BCUT2D eigenvalue weighted by molar-refractivity contribution is -0.140. The zero-order valence-electron chi connectivity index (χ0n) is 22.3. The van der Waals surface area contributed by atoms with Crippen LogP contribution in [0.25, 0.3) is 0 Å². The number of allylic oxidation sites excluding steroid dienone is 1. The number of nitrogens with one attached hydrogen (secondary N) is 1. The molecule has 4 rings (SSSR count). The van der Waals surface area contributed by atoms with Crippen LogP contribution < -0.4 is 10.1 Å². The number of benzene rings is 2. The van der Waals surface area contributed by atoms with Crippen molar-refractivity contribution in [1.29, 1.82) is 0 Å². The van der Waals surface area contributed by atoms with Gasteiger partial charge in [-0.05, 0) is 55.8 Å². The summed E-state index contributed by atoms with van der Waals surface area (Å²) < 4.78 is 22.0. The lowest BCUT2D eigenvalue weighted by Crippen LogP contribution is -2.38. The molecule has 204 valence electrons. The fraction of sp³-hybridized carbons (Fsp3) is 0.300. The van der Waals surface area contributed by atoms with Gasteiger partial charge in [0.2, 0.25) is 5.91 Å². The van der Waals surface area contributed by atoms with E-state index in [1.807, 2.05) is 54.6 Å². The second-order valence-electron chi connectivity index (χ2n) is 8.96. The van der Waals surface area contributed by atoms with Gasteiger partial charge in [0.05, 0.1) is 25.3 Å². The number of furan rings is 1. The van der Waals surface area contributed by atoms with Crippen LogP contribution in [0.15, 0.2) is 82.4 Å². The van der Waals surface area contributed by atoms with Gasteiger partial charge in [-0.1, -0.05) is 30.3 Å². The first-order valence-corrected chi connectivity index (χ1v) is 12.8. The standard InChI is InChI=1S/C30H32N2O7/c1-4-37-30(35)28-20(2)32(19-24-13-14-26(39-24)29(34)31-15-16-36-3)27(33)18-25(28)21-9-8-12-23(17-21)38-22-10-6-5-7-11-22/h5-14,17,25H,4,15-16,18-19H2,1-3H3,(H,31,34). The minimum Gasteiger partial charge on any atom is -0.463 e. The third-order valence-corrected chi connectivity index (χ3v) is 6.35. The van der Waals surface area contributed by atoms with Gasteiger partial charge in [-0.3, -0.25) is 9.59 Å². The Morgan fingerprint density at radius 3 is 2.56 bits per heavy atom. The van der Waals surface area contributed by atoms with Crippen molar-refractivity contribution in [2.75, 3.05) is 26.9 Å². The number of hydrogen-bond acceptors (Lipinski definition) is 7. The van der Waals surface area contributed by atoms with Crippen LogP contribution >= 0.6 is 0 Å². The highest BCUT2D eigenvalue weighted by Crippen LogP contribution is 2.39. The number of amides is 2. The summed E-state index contributed by atoms with van der Waals surface area (Å²) in [5.41, 5.74) is 1.65. The van der Waals surface area contributed by atoms with Crippen LogP contribution in [0.1, 0.15) is 48.1 Å². The largest absolute Gasteiger partial charge is 0.463 e. The van der Waals surface area contributed by atoms with Crippen LogP contribution in [0.4, 0.5) is 0 Å². The van der Waals surface area contributed by atoms with E-state index in [9.17, 15) is 14.4 Å². The third-order valence-electron chi connectivity index (χ3n) is 6.35. The number of hydrogen-bond donors (Lipinski definition) is 1. The summed E-state index contributed by atoms with van der Waals surface area (Å²) >= 11 is 0. The minimum atomic E-state index is -0.508. The molecule has 0 saturated carbocycles. The van der Waals surface area contributed by atoms with E-state index in [0.29, 0.717) is 41.7 Å². The summed E-state index contributed by atoms with van der Waals surface area (Å²) in [5, 5.41) is 2.70. The second-order valence-corrected chi connectivity index (χ2v) is 8.96. The normalized spacial score (nSPS) is 15.3. The topological polar surface area (TPSA) is 107 Å². The van der Waals surface area contributed by atoms with Crippen molar-refractivity contribution in [2.45, 2.75) is 32.7 Å². The molecule has 2 heterocycles.